The van der Waals surface area contributed by atoms with Crippen molar-refractivity contribution in [2.24, 2.45) is 0 Å². The highest BCUT2D eigenvalue weighted by Crippen LogP contribution is 2.18. The zero-order chi connectivity index (χ0) is 18.5. The van der Waals surface area contributed by atoms with E-state index in [9.17, 15) is 9.59 Å². The summed E-state index contributed by atoms with van der Waals surface area (Å²) in [6.45, 7) is 2.48. The van der Waals surface area contributed by atoms with Gasteiger partial charge in [-0.05, 0) is 36.8 Å². The highest BCUT2D eigenvalue weighted by Gasteiger charge is 2.13. The molecule has 0 aliphatic heterocycles. The number of aromatic nitrogens is 2. The largest absolute Gasteiger partial charge is 0.311 e. The van der Waals surface area contributed by atoms with E-state index in [0.29, 0.717) is 22.3 Å². The Hall–Kier alpha value is -2.44. The predicted octanol–water partition coefficient (Wildman–Crippen LogP) is 4.56. The fraction of sp³-hybridized carbons (Fsp3) is 0.211. The Kier molecular flexibility index (Phi) is 5.85. The molecule has 0 unspecified atom stereocenters. The molecule has 134 valence electrons. The molecule has 3 rings (SSSR count). The van der Waals surface area contributed by atoms with Gasteiger partial charge in [0, 0.05) is 28.8 Å². The summed E-state index contributed by atoms with van der Waals surface area (Å²) in [7, 11) is 0. The predicted molar refractivity (Wildman–Crippen MR) is 104 cm³/mol. The summed E-state index contributed by atoms with van der Waals surface area (Å²) in [5.74, 6) is 0.391. The second-order valence-corrected chi connectivity index (χ2v) is 7.61. The van der Waals surface area contributed by atoms with E-state index in [1.165, 1.54) is 11.3 Å². The maximum Gasteiger partial charge on any atom is 0.225 e. The van der Waals surface area contributed by atoms with E-state index < -0.39 is 0 Å². The van der Waals surface area contributed by atoms with Gasteiger partial charge in [-0.1, -0.05) is 23.7 Å². The third-order valence-corrected chi connectivity index (χ3v) is 5.12. The number of nitrogens with one attached hydrogen (secondary N) is 1. The fourth-order valence-corrected chi connectivity index (χ4v) is 3.43. The van der Waals surface area contributed by atoms with Crippen LogP contribution < -0.4 is 5.32 Å². The molecule has 2 aromatic heterocycles. The minimum atomic E-state index is -0.204. The highest BCUT2D eigenvalue weighted by molar-refractivity contribution is 7.14. The Bertz CT molecular complexity index is 915. The number of Topliss-reactive ketones (excluding diaryl/α,β-unsaturated/α-hetero) is 1. The van der Waals surface area contributed by atoms with Crippen molar-refractivity contribution in [3.05, 3.63) is 69.0 Å². The summed E-state index contributed by atoms with van der Waals surface area (Å²) < 4.78 is 1.70. The van der Waals surface area contributed by atoms with Crippen molar-refractivity contribution in [2.45, 2.75) is 26.3 Å². The van der Waals surface area contributed by atoms with Crippen LogP contribution in [0.25, 0.3) is 0 Å². The molecule has 0 atom stereocenters. The molecule has 3 aromatic rings. The van der Waals surface area contributed by atoms with Gasteiger partial charge in [-0.2, -0.15) is 5.10 Å². The molecular formula is C19H18ClN3O2S. The first-order chi connectivity index (χ1) is 12.5. The quantitative estimate of drug-likeness (QED) is 0.604. The summed E-state index contributed by atoms with van der Waals surface area (Å²) in [5.41, 5.74) is 1.02. The first-order valence-corrected chi connectivity index (χ1v) is 9.36. The number of ketones is 1. The van der Waals surface area contributed by atoms with Crippen LogP contribution in [0.2, 0.25) is 5.02 Å². The molecule has 0 bridgehead atoms. The Morgan fingerprint density at radius 1 is 1.12 bits per heavy atom. The number of carbonyl (C=O) groups is 2. The van der Waals surface area contributed by atoms with Crippen LogP contribution in [0.4, 0.5) is 5.82 Å². The van der Waals surface area contributed by atoms with Gasteiger partial charge in [-0.3, -0.25) is 9.59 Å². The highest BCUT2D eigenvalue weighted by atomic mass is 35.5. The van der Waals surface area contributed by atoms with Gasteiger partial charge in [-0.25, -0.2) is 4.68 Å². The summed E-state index contributed by atoms with van der Waals surface area (Å²) in [4.78, 5) is 26.1. The average Bonchev–Trinajstić information content (AvgIpc) is 3.24. The number of carbonyl (C=O) groups excluding carboxylic acids is 2. The van der Waals surface area contributed by atoms with Crippen LogP contribution in [-0.4, -0.2) is 21.5 Å². The number of rotatable bonds is 7. The molecule has 0 aliphatic rings. The van der Waals surface area contributed by atoms with Gasteiger partial charge in [-0.15, -0.1) is 11.3 Å². The standard InChI is InChI=1S/C19H18ClN3O2S/c1-13-2-8-17(26-13)16(24)7-9-19(25)22-18-10-11-21-23(18)12-14-3-5-15(20)6-4-14/h2-6,8,10-11H,7,9,12H2,1H3,(H,22,25). The Labute approximate surface area is 160 Å². The van der Waals surface area contributed by atoms with E-state index in [2.05, 4.69) is 10.4 Å². The zero-order valence-electron chi connectivity index (χ0n) is 14.2. The Morgan fingerprint density at radius 3 is 2.58 bits per heavy atom. The van der Waals surface area contributed by atoms with Crippen LogP contribution in [0, 0.1) is 6.92 Å². The number of hydrogen-bond donors (Lipinski definition) is 1. The lowest BCUT2D eigenvalue weighted by Gasteiger charge is -2.09. The molecule has 7 heteroatoms. The molecule has 0 saturated carbocycles. The molecule has 5 nitrogen and oxygen atoms in total. The second kappa shape index (κ2) is 8.29. The van der Waals surface area contributed by atoms with Gasteiger partial charge in [0.15, 0.2) is 5.78 Å². The molecule has 0 fully saturated rings. The number of anilines is 1. The first-order valence-electron chi connectivity index (χ1n) is 8.17. The van der Waals surface area contributed by atoms with E-state index in [1.807, 2.05) is 37.3 Å². The minimum Gasteiger partial charge on any atom is -0.311 e. The van der Waals surface area contributed by atoms with Crippen LogP contribution in [-0.2, 0) is 11.3 Å². The third-order valence-electron chi connectivity index (χ3n) is 3.82. The smallest absolute Gasteiger partial charge is 0.225 e. The zero-order valence-corrected chi connectivity index (χ0v) is 15.8. The monoisotopic (exact) mass is 387 g/mol. The van der Waals surface area contributed by atoms with Gasteiger partial charge in [0.25, 0.3) is 0 Å². The van der Waals surface area contributed by atoms with E-state index in [0.717, 1.165) is 10.4 Å². The molecular weight excluding hydrogens is 370 g/mol. The maximum atomic E-state index is 12.2. The van der Waals surface area contributed by atoms with Crippen LogP contribution in [0.3, 0.4) is 0 Å². The van der Waals surface area contributed by atoms with Crippen molar-refractivity contribution in [3.8, 4) is 0 Å². The number of thiophene rings is 1. The van der Waals surface area contributed by atoms with Crippen molar-refractivity contribution in [2.75, 3.05) is 5.32 Å². The van der Waals surface area contributed by atoms with Crippen molar-refractivity contribution < 1.29 is 9.59 Å². The number of aryl methyl sites for hydroxylation is 1. The Morgan fingerprint density at radius 2 is 1.88 bits per heavy atom. The number of nitrogens with zero attached hydrogens (tertiary/aromatic N) is 2. The molecule has 0 radical (unpaired) electrons. The fourth-order valence-electron chi connectivity index (χ4n) is 2.47. The third kappa shape index (κ3) is 4.80. The molecule has 2 heterocycles. The van der Waals surface area contributed by atoms with Crippen molar-refractivity contribution >= 4 is 40.4 Å². The van der Waals surface area contributed by atoms with Crippen molar-refractivity contribution in [1.82, 2.24) is 9.78 Å². The lowest BCUT2D eigenvalue weighted by atomic mass is 10.2. The van der Waals surface area contributed by atoms with Crippen LogP contribution in [0.5, 0.6) is 0 Å². The van der Waals surface area contributed by atoms with Crippen molar-refractivity contribution in [1.29, 1.82) is 0 Å². The lowest BCUT2D eigenvalue weighted by Crippen LogP contribution is -2.17. The normalized spacial score (nSPS) is 10.7. The molecule has 1 aromatic carbocycles. The molecule has 0 saturated heterocycles. The van der Waals surface area contributed by atoms with E-state index in [-0.39, 0.29) is 24.5 Å². The molecule has 0 spiro atoms. The van der Waals surface area contributed by atoms with Crippen LogP contribution in [0.1, 0.15) is 33.0 Å². The number of amides is 1. The second-order valence-electron chi connectivity index (χ2n) is 5.88. The van der Waals surface area contributed by atoms with Gasteiger partial charge in [0.2, 0.25) is 5.91 Å². The number of halogens is 1. The molecule has 1 amide bonds. The topological polar surface area (TPSA) is 64.0 Å². The number of benzene rings is 1. The van der Waals surface area contributed by atoms with E-state index >= 15 is 0 Å². The van der Waals surface area contributed by atoms with Gasteiger partial charge < -0.3 is 5.32 Å². The maximum absolute atomic E-state index is 12.2. The van der Waals surface area contributed by atoms with Crippen LogP contribution >= 0.6 is 22.9 Å². The van der Waals surface area contributed by atoms with E-state index in [1.54, 1.807) is 23.0 Å². The van der Waals surface area contributed by atoms with Gasteiger partial charge in [0.1, 0.15) is 5.82 Å². The average molecular weight is 388 g/mol. The molecule has 26 heavy (non-hydrogen) atoms. The summed E-state index contributed by atoms with van der Waals surface area (Å²) >= 11 is 7.35. The summed E-state index contributed by atoms with van der Waals surface area (Å²) in [6, 6.07) is 12.9. The SMILES string of the molecule is Cc1ccc(C(=O)CCC(=O)Nc2ccnn2Cc2ccc(Cl)cc2)s1. The van der Waals surface area contributed by atoms with E-state index in [4.69, 9.17) is 11.6 Å². The Balaban J connectivity index is 1.55. The molecule has 1 N–H and O–H groups in total. The van der Waals surface area contributed by atoms with Gasteiger partial charge >= 0.3 is 0 Å². The van der Waals surface area contributed by atoms with Gasteiger partial charge in [0.05, 0.1) is 17.6 Å². The van der Waals surface area contributed by atoms with Crippen LogP contribution in [0.15, 0.2) is 48.7 Å². The first kappa shape index (κ1) is 18.4. The summed E-state index contributed by atoms with van der Waals surface area (Å²) in [5, 5.41) is 7.73. The van der Waals surface area contributed by atoms with Crippen molar-refractivity contribution in [3.63, 3.8) is 0 Å². The minimum absolute atomic E-state index is 0.00655. The summed E-state index contributed by atoms with van der Waals surface area (Å²) in [6.07, 6.45) is 1.96. The molecule has 0 aliphatic carbocycles. The number of hydrogen-bond acceptors (Lipinski definition) is 4. The lowest BCUT2D eigenvalue weighted by molar-refractivity contribution is -0.116.